The number of carbonyl (C=O) groups excluding carboxylic acids is 3. The van der Waals surface area contributed by atoms with Crippen LogP contribution in [0.1, 0.15) is 39.0 Å². The van der Waals surface area contributed by atoms with Crippen LogP contribution < -0.4 is 5.32 Å². The summed E-state index contributed by atoms with van der Waals surface area (Å²) >= 11 is 0. The van der Waals surface area contributed by atoms with Crippen molar-refractivity contribution in [3.8, 4) is 0 Å². The summed E-state index contributed by atoms with van der Waals surface area (Å²) < 4.78 is 1.50. The minimum atomic E-state index is -1.13. The van der Waals surface area contributed by atoms with E-state index in [4.69, 9.17) is 0 Å². The van der Waals surface area contributed by atoms with Crippen molar-refractivity contribution in [2.75, 3.05) is 33.2 Å². The third-order valence-corrected chi connectivity index (χ3v) is 7.41. The molecule has 3 heterocycles. The fraction of sp³-hybridized carbons (Fsp3) is 0.357. The SMILES string of the molecule is CN1C(=O)c2cc(C(=O)N3CCN(Cc4ccccc4)CC3)nn2CC1(C)C(=O)NCc1ccccc1. The van der Waals surface area contributed by atoms with Gasteiger partial charge in [0.15, 0.2) is 5.69 Å². The Morgan fingerprint density at radius 2 is 1.57 bits per heavy atom. The molecule has 2 aliphatic rings. The molecule has 5 rings (SSSR count). The Morgan fingerprint density at radius 3 is 2.22 bits per heavy atom. The highest BCUT2D eigenvalue weighted by Gasteiger charge is 2.46. The summed E-state index contributed by atoms with van der Waals surface area (Å²) in [6.07, 6.45) is 0. The van der Waals surface area contributed by atoms with Gasteiger partial charge in [-0.05, 0) is 18.1 Å². The first kappa shape index (κ1) is 24.7. The number of rotatable bonds is 6. The number of hydrogen-bond donors (Lipinski definition) is 1. The summed E-state index contributed by atoms with van der Waals surface area (Å²) in [4.78, 5) is 45.2. The van der Waals surface area contributed by atoms with E-state index in [-0.39, 0.29) is 30.0 Å². The minimum Gasteiger partial charge on any atom is -0.350 e. The third kappa shape index (κ3) is 4.99. The van der Waals surface area contributed by atoms with Gasteiger partial charge in [0.2, 0.25) is 5.91 Å². The van der Waals surface area contributed by atoms with Crippen LogP contribution in [0.2, 0.25) is 0 Å². The minimum absolute atomic E-state index is 0.170. The van der Waals surface area contributed by atoms with Crippen molar-refractivity contribution in [1.82, 2.24) is 29.8 Å². The van der Waals surface area contributed by atoms with E-state index in [2.05, 4.69) is 27.4 Å². The van der Waals surface area contributed by atoms with Crippen LogP contribution in [0.3, 0.4) is 0 Å². The summed E-state index contributed by atoms with van der Waals surface area (Å²) in [7, 11) is 1.62. The molecule has 1 atom stereocenters. The van der Waals surface area contributed by atoms with Crippen LogP contribution in [0, 0.1) is 0 Å². The smallest absolute Gasteiger partial charge is 0.274 e. The van der Waals surface area contributed by atoms with E-state index in [1.54, 1.807) is 24.9 Å². The summed E-state index contributed by atoms with van der Waals surface area (Å²) in [6.45, 7) is 5.86. The number of carbonyl (C=O) groups is 3. The molecule has 0 spiro atoms. The van der Waals surface area contributed by atoms with E-state index in [9.17, 15) is 14.4 Å². The summed E-state index contributed by atoms with van der Waals surface area (Å²) in [5.41, 5.74) is 1.65. The Morgan fingerprint density at radius 1 is 0.946 bits per heavy atom. The lowest BCUT2D eigenvalue weighted by Gasteiger charge is -2.40. The molecule has 1 saturated heterocycles. The lowest BCUT2D eigenvalue weighted by molar-refractivity contribution is -0.132. The second-order valence-corrected chi connectivity index (χ2v) is 9.93. The van der Waals surface area contributed by atoms with Gasteiger partial charge in [0.1, 0.15) is 11.2 Å². The Bertz CT molecular complexity index is 1280. The van der Waals surface area contributed by atoms with Gasteiger partial charge in [0.05, 0.1) is 6.54 Å². The van der Waals surface area contributed by atoms with E-state index in [1.165, 1.54) is 15.1 Å². The predicted molar refractivity (Wildman–Crippen MR) is 139 cm³/mol. The first-order valence-corrected chi connectivity index (χ1v) is 12.6. The van der Waals surface area contributed by atoms with Crippen LogP contribution in [0.25, 0.3) is 0 Å². The zero-order valence-corrected chi connectivity index (χ0v) is 21.3. The molecule has 1 fully saturated rings. The van der Waals surface area contributed by atoms with Crippen molar-refractivity contribution >= 4 is 17.7 Å². The Kier molecular flexibility index (Phi) is 6.80. The molecule has 0 aliphatic carbocycles. The number of nitrogens with zero attached hydrogens (tertiary/aromatic N) is 5. The first-order valence-electron chi connectivity index (χ1n) is 12.6. The molecular weight excluding hydrogens is 468 g/mol. The lowest BCUT2D eigenvalue weighted by Crippen LogP contribution is -2.62. The largest absolute Gasteiger partial charge is 0.350 e. The topological polar surface area (TPSA) is 90.8 Å². The number of hydrogen-bond acceptors (Lipinski definition) is 5. The van der Waals surface area contributed by atoms with Crippen molar-refractivity contribution < 1.29 is 14.4 Å². The van der Waals surface area contributed by atoms with E-state index in [0.29, 0.717) is 25.3 Å². The maximum absolute atomic E-state index is 13.3. The molecule has 1 N–H and O–H groups in total. The average Bonchev–Trinajstić information content (AvgIpc) is 3.35. The van der Waals surface area contributed by atoms with Crippen LogP contribution in [0.15, 0.2) is 66.7 Å². The van der Waals surface area contributed by atoms with Crippen LogP contribution in [-0.2, 0) is 24.4 Å². The monoisotopic (exact) mass is 500 g/mol. The number of nitrogens with one attached hydrogen (secondary N) is 1. The Balaban J connectivity index is 1.24. The van der Waals surface area contributed by atoms with Gasteiger partial charge in [-0.3, -0.25) is 24.0 Å². The first-order chi connectivity index (χ1) is 17.8. The van der Waals surface area contributed by atoms with Crippen LogP contribution in [-0.4, -0.2) is 81.0 Å². The van der Waals surface area contributed by atoms with Gasteiger partial charge in [0.25, 0.3) is 11.8 Å². The second-order valence-electron chi connectivity index (χ2n) is 9.93. The number of likely N-dealkylation sites (N-methyl/N-ethyl adjacent to an activating group) is 1. The van der Waals surface area contributed by atoms with Crippen molar-refractivity contribution in [3.05, 3.63) is 89.2 Å². The highest BCUT2D eigenvalue weighted by Crippen LogP contribution is 2.26. The van der Waals surface area contributed by atoms with Gasteiger partial charge in [-0.2, -0.15) is 5.10 Å². The summed E-state index contributed by atoms with van der Waals surface area (Å²) in [6, 6.07) is 21.5. The predicted octanol–water partition coefficient (Wildman–Crippen LogP) is 2.00. The van der Waals surface area contributed by atoms with E-state index in [0.717, 1.165) is 25.2 Å². The van der Waals surface area contributed by atoms with Gasteiger partial charge in [0, 0.05) is 52.4 Å². The average molecular weight is 501 g/mol. The molecule has 37 heavy (non-hydrogen) atoms. The van der Waals surface area contributed by atoms with Crippen LogP contribution in [0.5, 0.6) is 0 Å². The summed E-state index contributed by atoms with van der Waals surface area (Å²) in [5.74, 6) is -0.787. The molecule has 3 aromatic rings. The third-order valence-electron chi connectivity index (χ3n) is 7.41. The fourth-order valence-corrected chi connectivity index (χ4v) is 4.91. The molecule has 3 amide bonds. The zero-order chi connectivity index (χ0) is 26.0. The number of benzene rings is 2. The van der Waals surface area contributed by atoms with Gasteiger partial charge in [-0.1, -0.05) is 60.7 Å². The van der Waals surface area contributed by atoms with Crippen molar-refractivity contribution in [2.45, 2.75) is 32.1 Å². The maximum atomic E-state index is 13.3. The molecule has 9 heteroatoms. The quantitative estimate of drug-likeness (QED) is 0.559. The van der Waals surface area contributed by atoms with Crippen LogP contribution in [0.4, 0.5) is 0 Å². The van der Waals surface area contributed by atoms with Gasteiger partial charge < -0.3 is 15.1 Å². The van der Waals surface area contributed by atoms with Crippen LogP contribution >= 0.6 is 0 Å². The molecular formula is C28H32N6O3. The second kappa shape index (κ2) is 10.2. The van der Waals surface area contributed by atoms with E-state index < -0.39 is 5.54 Å². The number of amides is 3. The maximum Gasteiger partial charge on any atom is 0.274 e. The van der Waals surface area contributed by atoms with E-state index in [1.807, 2.05) is 48.5 Å². The normalized spacial score (nSPS) is 20.0. The van der Waals surface area contributed by atoms with Gasteiger partial charge >= 0.3 is 0 Å². The fourth-order valence-electron chi connectivity index (χ4n) is 4.91. The van der Waals surface area contributed by atoms with E-state index >= 15 is 0 Å². The van der Waals surface area contributed by atoms with Gasteiger partial charge in [-0.25, -0.2) is 0 Å². The Hall–Kier alpha value is -3.98. The Labute approximate surface area is 216 Å². The summed E-state index contributed by atoms with van der Waals surface area (Å²) in [5, 5.41) is 7.42. The number of aromatic nitrogens is 2. The number of fused-ring (bicyclic) bond motifs is 1. The molecule has 1 aromatic heterocycles. The molecule has 192 valence electrons. The molecule has 0 bridgehead atoms. The lowest BCUT2D eigenvalue weighted by atomic mass is 9.96. The molecule has 2 aromatic carbocycles. The molecule has 0 saturated carbocycles. The zero-order valence-electron chi connectivity index (χ0n) is 21.3. The molecule has 2 aliphatic heterocycles. The standard InChI is InChI=1S/C28H32N6O3/c1-28(27(37)29-18-21-9-5-3-6-10-21)20-34-24(26(36)31(28)2)17-23(30-34)25(35)33-15-13-32(14-16-33)19-22-11-7-4-8-12-22/h3-12,17H,13-16,18-20H2,1-2H3,(H,29,37). The molecule has 9 nitrogen and oxygen atoms in total. The van der Waals surface area contributed by atoms with Crippen molar-refractivity contribution in [1.29, 1.82) is 0 Å². The van der Waals surface area contributed by atoms with Gasteiger partial charge in [-0.15, -0.1) is 0 Å². The molecule has 1 unspecified atom stereocenters. The van der Waals surface area contributed by atoms with Crippen molar-refractivity contribution in [2.24, 2.45) is 0 Å². The number of piperazine rings is 1. The highest BCUT2D eigenvalue weighted by atomic mass is 16.2. The molecule has 0 radical (unpaired) electrons. The van der Waals surface area contributed by atoms with Crippen molar-refractivity contribution in [3.63, 3.8) is 0 Å². The highest BCUT2D eigenvalue weighted by molar-refractivity contribution is 6.01.